The van der Waals surface area contributed by atoms with Crippen molar-refractivity contribution in [1.29, 1.82) is 0 Å². The molecule has 9 unspecified atom stereocenters. The zero-order chi connectivity index (χ0) is 62.4. The normalized spacial score (nSPS) is 18.8. The maximum absolute atomic E-state index is 13.3. The fourth-order valence-electron chi connectivity index (χ4n) is 12.5. The van der Waals surface area contributed by atoms with E-state index >= 15 is 0 Å². The van der Waals surface area contributed by atoms with Gasteiger partial charge in [-0.3, -0.25) is 4.79 Å². The number of carbonyl (C=O) groups is 1. The highest BCUT2D eigenvalue weighted by Gasteiger charge is 2.44. The highest BCUT2D eigenvalue weighted by atomic mass is 16.7. The highest BCUT2D eigenvalue weighted by molar-refractivity contribution is 5.80. The first-order valence-electron chi connectivity index (χ1n) is 37.7. The van der Waals surface area contributed by atoms with Crippen LogP contribution in [0.15, 0.2) is 24.3 Å². The van der Waals surface area contributed by atoms with Gasteiger partial charge >= 0.3 is 0 Å². The Hall–Kier alpha value is -1.41. The van der Waals surface area contributed by atoms with Gasteiger partial charge in [0.25, 0.3) is 0 Å². The molecule has 1 saturated heterocycles. The molecule has 11 nitrogen and oxygen atoms in total. The smallest absolute Gasteiger partial charge is 0.249 e. The molecule has 8 N–H and O–H groups in total. The van der Waals surface area contributed by atoms with E-state index in [0.717, 1.165) is 44.9 Å². The summed E-state index contributed by atoms with van der Waals surface area (Å²) in [6.07, 6.45) is 69.9. The van der Waals surface area contributed by atoms with Gasteiger partial charge in [0.2, 0.25) is 5.91 Å². The summed E-state index contributed by atoms with van der Waals surface area (Å²) in [5.74, 6) is -0.689. The number of aliphatic hydroxyl groups is 7. The molecule has 1 amide bonds. The van der Waals surface area contributed by atoms with Crippen LogP contribution >= 0.6 is 0 Å². The lowest BCUT2D eigenvalue weighted by molar-refractivity contribution is -0.303. The molecule has 0 aromatic heterocycles. The van der Waals surface area contributed by atoms with Crippen molar-refractivity contribution in [3.63, 3.8) is 0 Å². The van der Waals surface area contributed by atoms with Gasteiger partial charge in [0.1, 0.15) is 36.6 Å². The predicted molar refractivity (Wildman–Crippen MR) is 362 cm³/mol. The summed E-state index contributed by atoms with van der Waals surface area (Å²) in [5.41, 5.74) is 0. The van der Waals surface area contributed by atoms with Crippen LogP contribution in [0.2, 0.25) is 0 Å². The molecule has 0 aromatic carbocycles. The van der Waals surface area contributed by atoms with E-state index in [1.54, 1.807) is 0 Å². The minimum Gasteiger partial charge on any atom is -0.394 e. The first-order valence-corrected chi connectivity index (χ1v) is 37.7. The maximum atomic E-state index is 13.3. The van der Waals surface area contributed by atoms with Gasteiger partial charge in [-0.25, -0.2) is 0 Å². The number of ether oxygens (including phenoxy) is 2. The Morgan fingerprint density at radius 2 is 0.709 bits per heavy atom. The summed E-state index contributed by atoms with van der Waals surface area (Å²) in [4.78, 5) is 13.3. The Labute approximate surface area is 531 Å². The molecule has 0 aromatic rings. The number of hydrogen-bond donors (Lipinski definition) is 8. The molecule has 0 saturated carbocycles. The van der Waals surface area contributed by atoms with Crippen LogP contribution in [-0.4, -0.2) is 110 Å². The number of nitrogens with one attached hydrogen (secondary N) is 1. The quantitative estimate of drug-likeness (QED) is 0.0215. The Bertz CT molecular complexity index is 1450. The molecule has 0 bridgehead atoms. The third-order valence-corrected chi connectivity index (χ3v) is 18.5. The lowest BCUT2D eigenvalue weighted by Crippen LogP contribution is -2.60. The summed E-state index contributed by atoms with van der Waals surface area (Å²) in [5, 5.41) is 76.7. The molecule has 0 aliphatic carbocycles. The maximum Gasteiger partial charge on any atom is 0.249 e. The molecule has 11 heteroatoms. The summed E-state index contributed by atoms with van der Waals surface area (Å²) < 4.78 is 11.2. The predicted octanol–water partition coefficient (Wildman–Crippen LogP) is 18.8. The second-order valence-corrected chi connectivity index (χ2v) is 26.7. The molecule has 0 radical (unpaired) electrons. The second-order valence-electron chi connectivity index (χ2n) is 26.7. The van der Waals surface area contributed by atoms with Crippen LogP contribution in [0.5, 0.6) is 0 Å². The van der Waals surface area contributed by atoms with Crippen LogP contribution in [0.1, 0.15) is 380 Å². The van der Waals surface area contributed by atoms with Crippen molar-refractivity contribution in [1.82, 2.24) is 5.32 Å². The van der Waals surface area contributed by atoms with Crippen molar-refractivity contribution < 1.29 is 50.0 Å². The molecule has 86 heavy (non-hydrogen) atoms. The Morgan fingerprint density at radius 1 is 0.407 bits per heavy atom. The van der Waals surface area contributed by atoms with Crippen molar-refractivity contribution in [2.24, 2.45) is 0 Å². The lowest BCUT2D eigenvalue weighted by Gasteiger charge is -2.40. The second kappa shape index (κ2) is 63.7. The topological polar surface area (TPSA) is 189 Å². The van der Waals surface area contributed by atoms with Gasteiger partial charge in [0.05, 0.1) is 25.4 Å². The van der Waals surface area contributed by atoms with E-state index in [0.29, 0.717) is 19.3 Å². The molecule has 1 rings (SSSR count). The van der Waals surface area contributed by atoms with Crippen LogP contribution in [0.25, 0.3) is 0 Å². The van der Waals surface area contributed by atoms with E-state index in [9.17, 15) is 40.5 Å². The van der Waals surface area contributed by atoms with Gasteiger partial charge in [-0.05, 0) is 44.9 Å². The third-order valence-electron chi connectivity index (χ3n) is 18.5. The Morgan fingerprint density at radius 3 is 1.03 bits per heavy atom. The van der Waals surface area contributed by atoms with E-state index in [2.05, 4.69) is 43.5 Å². The molecular weight excluding hydrogens is 1070 g/mol. The van der Waals surface area contributed by atoms with Crippen LogP contribution in [0.3, 0.4) is 0 Å². The van der Waals surface area contributed by atoms with Crippen molar-refractivity contribution in [2.45, 2.75) is 435 Å². The van der Waals surface area contributed by atoms with Crippen LogP contribution in [0.4, 0.5) is 0 Å². The molecule has 0 spiro atoms. The van der Waals surface area contributed by atoms with Gasteiger partial charge in [-0.15, -0.1) is 0 Å². The number of aliphatic hydroxyl groups excluding tert-OH is 7. The van der Waals surface area contributed by atoms with Crippen LogP contribution < -0.4 is 5.32 Å². The zero-order valence-electron chi connectivity index (χ0n) is 56.6. The van der Waals surface area contributed by atoms with Crippen LogP contribution in [0, 0.1) is 0 Å². The number of allylic oxidation sites excluding steroid dienone is 4. The van der Waals surface area contributed by atoms with E-state index in [1.807, 2.05) is 0 Å². The largest absolute Gasteiger partial charge is 0.394 e. The molecule has 510 valence electrons. The third kappa shape index (κ3) is 50.3. The lowest BCUT2D eigenvalue weighted by atomic mass is 9.98. The minimum absolute atomic E-state index is 0.263. The summed E-state index contributed by atoms with van der Waals surface area (Å²) >= 11 is 0. The molecule has 1 fully saturated rings. The average molecular weight is 1220 g/mol. The number of amides is 1. The van der Waals surface area contributed by atoms with Crippen LogP contribution in [-0.2, 0) is 14.3 Å². The van der Waals surface area contributed by atoms with E-state index in [-0.39, 0.29) is 6.42 Å². The number of hydrogen-bond acceptors (Lipinski definition) is 10. The monoisotopic (exact) mass is 1220 g/mol. The molecule has 1 aliphatic heterocycles. The fourth-order valence-corrected chi connectivity index (χ4v) is 12.5. The molecule has 9 atom stereocenters. The summed E-state index contributed by atoms with van der Waals surface area (Å²) in [7, 11) is 0. The summed E-state index contributed by atoms with van der Waals surface area (Å²) in [6.45, 7) is 3.52. The molecule has 1 heterocycles. The standard InChI is InChI=1S/C75H145NO10/c1-3-5-7-9-11-13-15-17-19-21-23-25-27-29-30-31-32-33-34-35-36-37-39-41-43-45-47-49-51-53-55-57-59-61-63-68(79)74(84)76-66(65-85-75-73(83)72(82)71(81)69(64-77)86-75)70(80)67(78)62-60-58-56-54-52-50-48-46-44-42-40-38-28-26-24-22-20-18-16-14-12-10-8-6-4-2/h27,29,31-32,66-73,75,77-83H,3-26,28,30,33-65H2,1-2H3,(H,76,84)/b29-27-,32-31-. The zero-order valence-corrected chi connectivity index (χ0v) is 56.6. The van der Waals surface area contributed by atoms with Gasteiger partial charge in [0.15, 0.2) is 6.29 Å². The Kier molecular flexibility index (Phi) is 61.2. The Balaban J connectivity index is 2.15. The van der Waals surface area contributed by atoms with Crippen molar-refractivity contribution in [3.8, 4) is 0 Å². The SMILES string of the molecule is CCCCCCCCCCCCC/C=C\C/C=C\CCCCCCCCCCCCCCCCCCC(O)C(=O)NC(COC1OC(CO)C(O)C(O)C1O)C(O)C(O)CCCCCCCCCCCCCCCCCCCCCCCCCCC. The van der Waals surface area contributed by atoms with Gasteiger partial charge in [0, 0.05) is 0 Å². The number of unbranched alkanes of at least 4 members (excludes halogenated alkanes) is 51. The van der Waals surface area contributed by atoms with Gasteiger partial charge in [-0.1, -0.05) is 359 Å². The number of carbonyl (C=O) groups excluding carboxylic acids is 1. The van der Waals surface area contributed by atoms with Gasteiger partial charge in [-0.2, -0.15) is 0 Å². The van der Waals surface area contributed by atoms with E-state index in [1.165, 1.54) is 295 Å². The molecule has 1 aliphatic rings. The average Bonchev–Trinajstić information content (AvgIpc) is 3.28. The molecular formula is C75H145NO10. The minimum atomic E-state index is -1.66. The summed E-state index contributed by atoms with van der Waals surface area (Å²) in [6, 6.07) is -1.17. The first-order chi connectivity index (χ1) is 42.2. The highest BCUT2D eigenvalue weighted by Crippen LogP contribution is 2.24. The van der Waals surface area contributed by atoms with Crippen molar-refractivity contribution in [2.75, 3.05) is 13.2 Å². The van der Waals surface area contributed by atoms with Crippen molar-refractivity contribution >= 4 is 5.91 Å². The van der Waals surface area contributed by atoms with E-state index in [4.69, 9.17) is 9.47 Å². The fraction of sp³-hybridized carbons (Fsp3) is 0.933. The van der Waals surface area contributed by atoms with E-state index < -0.39 is 74.2 Å². The van der Waals surface area contributed by atoms with Crippen molar-refractivity contribution in [3.05, 3.63) is 24.3 Å². The first kappa shape index (κ1) is 82.6. The van der Waals surface area contributed by atoms with Gasteiger partial charge < -0.3 is 50.5 Å². The number of rotatable bonds is 67.